The van der Waals surface area contributed by atoms with Gasteiger partial charge in [-0.3, -0.25) is 0 Å². The summed E-state index contributed by atoms with van der Waals surface area (Å²) in [5.41, 5.74) is 7.20. The van der Waals surface area contributed by atoms with Gasteiger partial charge in [-0.25, -0.2) is 4.79 Å². The lowest BCUT2D eigenvalue weighted by Gasteiger charge is -2.19. The number of carbonyl (C=O) groups is 1. The maximum Gasteiger partial charge on any atom is 0.422 e. The van der Waals surface area contributed by atoms with Gasteiger partial charge in [-0.1, -0.05) is 23.7 Å². The number of halogens is 4. The van der Waals surface area contributed by atoms with Crippen LogP contribution >= 0.6 is 11.6 Å². The fourth-order valence-electron chi connectivity index (χ4n) is 3.61. The van der Waals surface area contributed by atoms with E-state index in [0.717, 1.165) is 18.4 Å². The minimum Gasteiger partial charge on any atom is -0.467 e. The molecule has 1 saturated carbocycles. The van der Waals surface area contributed by atoms with Crippen molar-refractivity contribution in [3.05, 3.63) is 59.1 Å². The molecule has 0 saturated heterocycles. The third-order valence-corrected chi connectivity index (χ3v) is 5.93. The number of hydrogen-bond acceptors (Lipinski definition) is 10. The Bertz CT molecular complexity index is 1260. The van der Waals surface area contributed by atoms with Crippen molar-refractivity contribution in [2.45, 2.75) is 30.6 Å². The van der Waals surface area contributed by atoms with Crippen molar-refractivity contribution in [1.29, 1.82) is 0 Å². The molecule has 1 unspecified atom stereocenters. The zero-order chi connectivity index (χ0) is 27.3. The summed E-state index contributed by atoms with van der Waals surface area (Å²) in [6.45, 7) is -1.52. The lowest BCUT2D eigenvalue weighted by atomic mass is 10.1. The number of aromatic nitrogens is 3. The number of esters is 1. The first-order valence-electron chi connectivity index (χ1n) is 11.5. The smallest absolute Gasteiger partial charge is 0.422 e. The van der Waals surface area contributed by atoms with E-state index < -0.39 is 36.3 Å². The number of ether oxygens (including phenoxy) is 2. The van der Waals surface area contributed by atoms with E-state index in [9.17, 15) is 18.0 Å². The van der Waals surface area contributed by atoms with Crippen molar-refractivity contribution in [2.24, 2.45) is 5.73 Å². The van der Waals surface area contributed by atoms with Crippen LogP contribution in [0.15, 0.2) is 48.5 Å². The Morgan fingerprint density at radius 2 is 1.68 bits per heavy atom. The van der Waals surface area contributed by atoms with Gasteiger partial charge in [-0.15, -0.1) is 0 Å². The van der Waals surface area contributed by atoms with Crippen molar-refractivity contribution in [3.8, 4) is 6.01 Å². The van der Waals surface area contributed by atoms with Gasteiger partial charge in [-0.05, 0) is 54.8 Å². The second-order valence-corrected chi connectivity index (χ2v) is 8.98. The minimum absolute atomic E-state index is 0.0262. The number of benzene rings is 2. The van der Waals surface area contributed by atoms with Gasteiger partial charge >= 0.3 is 18.2 Å². The quantitative estimate of drug-likeness (QED) is 0.256. The molecule has 14 heteroatoms. The van der Waals surface area contributed by atoms with E-state index in [1.54, 1.807) is 36.4 Å². The molecule has 0 bridgehead atoms. The van der Waals surface area contributed by atoms with Gasteiger partial charge < -0.3 is 31.2 Å². The Hall–Kier alpha value is -3.84. The molecule has 0 spiro atoms. The van der Waals surface area contributed by atoms with E-state index in [0.29, 0.717) is 16.4 Å². The molecule has 0 radical (unpaired) electrons. The predicted molar refractivity (Wildman–Crippen MR) is 136 cm³/mol. The van der Waals surface area contributed by atoms with Crippen molar-refractivity contribution < 1.29 is 27.4 Å². The molecular formula is C24H25ClF3N7O3. The summed E-state index contributed by atoms with van der Waals surface area (Å²) < 4.78 is 47.8. The van der Waals surface area contributed by atoms with Crippen LogP contribution in [0.5, 0.6) is 6.01 Å². The monoisotopic (exact) mass is 551 g/mol. The summed E-state index contributed by atoms with van der Waals surface area (Å²) >= 11 is 5.99. The van der Waals surface area contributed by atoms with Crippen molar-refractivity contribution in [2.75, 3.05) is 36.2 Å². The predicted octanol–water partition coefficient (Wildman–Crippen LogP) is 4.22. The van der Waals surface area contributed by atoms with E-state index >= 15 is 0 Å². The Morgan fingerprint density at radius 1 is 1.05 bits per heavy atom. The Labute approximate surface area is 221 Å². The normalized spacial score (nSPS) is 14.8. The molecule has 1 aromatic heterocycles. The van der Waals surface area contributed by atoms with Crippen LogP contribution < -0.4 is 26.4 Å². The van der Waals surface area contributed by atoms with Crippen LogP contribution in [0, 0.1) is 0 Å². The molecule has 5 N–H and O–H groups in total. The summed E-state index contributed by atoms with van der Waals surface area (Å²) in [6, 6.07) is 12.7. The topological polar surface area (TPSA) is 136 Å². The molecular weight excluding hydrogens is 527 g/mol. The number of nitrogens with one attached hydrogen (secondary N) is 3. The van der Waals surface area contributed by atoms with Gasteiger partial charge in [0.05, 0.1) is 12.6 Å². The fraction of sp³-hybridized carbons (Fsp3) is 0.333. The molecule has 38 heavy (non-hydrogen) atoms. The molecule has 1 aliphatic carbocycles. The van der Waals surface area contributed by atoms with Gasteiger partial charge in [0, 0.05) is 22.9 Å². The first-order chi connectivity index (χ1) is 18.1. The Balaban J connectivity index is 1.53. The molecule has 1 atom stereocenters. The number of nitrogens with zero attached hydrogens (tertiary/aromatic N) is 3. The molecule has 1 aliphatic rings. The number of hydrogen-bond donors (Lipinski definition) is 4. The average molecular weight is 552 g/mol. The standard InChI is InChI=1S/C24H25ClF3N7O3/c1-37-19(36)18(12-29)30-16-6-8-17(9-7-16)31-20-32-21(34-22(33-20)38-13-24(26,27)28)35-23(10-11-23)14-2-4-15(25)5-3-14/h2-9,18,30H,10-13,29H2,1H3,(H2,31,32,33,34,35). The van der Waals surface area contributed by atoms with E-state index in [1.807, 2.05) is 12.1 Å². The summed E-state index contributed by atoms with van der Waals surface area (Å²) in [6.07, 6.45) is -3.03. The molecule has 202 valence electrons. The SMILES string of the molecule is COC(=O)C(CN)Nc1ccc(Nc2nc(NC3(c4ccc(Cl)cc4)CC3)nc(OCC(F)(F)F)n2)cc1. The van der Waals surface area contributed by atoms with Crippen LogP contribution in [0.1, 0.15) is 18.4 Å². The third kappa shape index (κ3) is 7.13. The highest BCUT2D eigenvalue weighted by Crippen LogP contribution is 2.48. The minimum atomic E-state index is -4.57. The van der Waals surface area contributed by atoms with E-state index in [2.05, 4.69) is 30.9 Å². The zero-order valence-corrected chi connectivity index (χ0v) is 20.9. The summed E-state index contributed by atoms with van der Waals surface area (Å²) in [5.74, 6) is -0.478. The van der Waals surface area contributed by atoms with Crippen LogP contribution in [0.4, 0.5) is 36.4 Å². The van der Waals surface area contributed by atoms with Crippen LogP contribution in [0.3, 0.4) is 0 Å². The summed E-state index contributed by atoms with van der Waals surface area (Å²) in [5, 5.41) is 9.69. The van der Waals surface area contributed by atoms with Gasteiger partial charge in [0.25, 0.3) is 0 Å². The van der Waals surface area contributed by atoms with Crippen LogP contribution in [-0.4, -0.2) is 53.4 Å². The number of nitrogens with two attached hydrogens (primary N) is 1. The lowest BCUT2D eigenvalue weighted by Crippen LogP contribution is -2.37. The molecule has 2 aromatic carbocycles. The van der Waals surface area contributed by atoms with Crippen molar-refractivity contribution in [1.82, 2.24) is 15.0 Å². The molecule has 10 nitrogen and oxygen atoms in total. The first-order valence-corrected chi connectivity index (χ1v) is 11.9. The van der Waals surface area contributed by atoms with Crippen LogP contribution in [0.25, 0.3) is 0 Å². The highest BCUT2D eigenvalue weighted by molar-refractivity contribution is 6.30. The maximum absolute atomic E-state index is 12.8. The molecule has 1 heterocycles. The number of anilines is 4. The second-order valence-electron chi connectivity index (χ2n) is 8.54. The molecule has 3 aromatic rings. The van der Waals surface area contributed by atoms with E-state index in [1.165, 1.54) is 7.11 Å². The summed E-state index contributed by atoms with van der Waals surface area (Å²) in [7, 11) is 1.27. The van der Waals surface area contributed by atoms with Crippen LogP contribution in [0.2, 0.25) is 5.02 Å². The summed E-state index contributed by atoms with van der Waals surface area (Å²) in [4.78, 5) is 24.1. The lowest BCUT2D eigenvalue weighted by molar-refractivity contribution is -0.154. The largest absolute Gasteiger partial charge is 0.467 e. The average Bonchev–Trinajstić information content (AvgIpc) is 3.66. The molecule has 1 fully saturated rings. The van der Waals surface area contributed by atoms with E-state index in [4.69, 9.17) is 26.8 Å². The third-order valence-electron chi connectivity index (χ3n) is 5.68. The van der Waals surface area contributed by atoms with Gasteiger partial charge in [0.15, 0.2) is 6.61 Å². The molecule has 0 aliphatic heterocycles. The Kier molecular flexibility index (Phi) is 8.07. The van der Waals surface area contributed by atoms with Crippen molar-refractivity contribution in [3.63, 3.8) is 0 Å². The fourth-order valence-corrected chi connectivity index (χ4v) is 3.74. The Morgan fingerprint density at radius 3 is 2.26 bits per heavy atom. The van der Waals surface area contributed by atoms with Gasteiger partial charge in [0.2, 0.25) is 11.9 Å². The highest BCUT2D eigenvalue weighted by atomic mass is 35.5. The number of alkyl halides is 3. The zero-order valence-electron chi connectivity index (χ0n) is 20.2. The number of carbonyl (C=O) groups excluding carboxylic acids is 1. The maximum atomic E-state index is 12.8. The first kappa shape index (κ1) is 27.2. The van der Waals surface area contributed by atoms with Crippen molar-refractivity contribution >= 4 is 40.8 Å². The van der Waals surface area contributed by atoms with Gasteiger partial charge in [-0.2, -0.15) is 28.1 Å². The molecule has 0 amide bonds. The van der Waals surface area contributed by atoms with Crippen LogP contribution in [-0.2, 0) is 15.1 Å². The van der Waals surface area contributed by atoms with Gasteiger partial charge in [0.1, 0.15) is 6.04 Å². The number of rotatable bonds is 11. The number of methoxy groups -OCH3 is 1. The van der Waals surface area contributed by atoms with E-state index in [-0.39, 0.29) is 18.4 Å². The highest BCUT2D eigenvalue weighted by Gasteiger charge is 2.45. The second kappa shape index (κ2) is 11.3. The molecule has 4 rings (SSSR count).